The highest BCUT2D eigenvalue weighted by atomic mass is 32.2. The highest BCUT2D eigenvalue weighted by Crippen LogP contribution is 2.19. The lowest BCUT2D eigenvalue weighted by Crippen LogP contribution is -2.08. The molecule has 0 aliphatic carbocycles. The number of hydrogen-bond donors (Lipinski definition) is 1. The summed E-state index contributed by atoms with van der Waals surface area (Å²) < 4.78 is 12.7. The Kier molecular flexibility index (Phi) is 4.52. The van der Waals surface area contributed by atoms with E-state index in [-0.39, 0.29) is 18.0 Å². The smallest absolute Gasteiger partial charge is 0.147 e. The largest absolute Gasteiger partial charge is 0.383 e. The standard InChI is InChI=1S/C14H13FN2OS/c15-11-3-5-13(6-4-11)19-9-12(18)8-10-2-1-7-17-14(10)16/h1-7H,8-9H2,(H2,16,17). The molecular formula is C14H13FN2OS. The van der Waals surface area contributed by atoms with Crippen LogP contribution in [0.4, 0.5) is 10.2 Å². The molecule has 2 N–H and O–H groups in total. The Balaban J connectivity index is 1.88. The first kappa shape index (κ1) is 13.5. The number of Topliss-reactive ketones (excluding diaryl/α,β-unsaturated/α-hetero) is 1. The Morgan fingerprint density at radius 2 is 2.00 bits per heavy atom. The van der Waals surface area contributed by atoms with E-state index in [2.05, 4.69) is 4.98 Å². The molecule has 0 amide bonds. The van der Waals surface area contributed by atoms with Crippen LogP contribution in [0.5, 0.6) is 0 Å². The van der Waals surface area contributed by atoms with Gasteiger partial charge in [-0.2, -0.15) is 0 Å². The third-order valence-electron chi connectivity index (χ3n) is 2.53. The van der Waals surface area contributed by atoms with Crippen molar-refractivity contribution in [3.63, 3.8) is 0 Å². The van der Waals surface area contributed by atoms with E-state index in [0.29, 0.717) is 11.6 Å². The van der Waals surface area contributed by atoms with Crippen LogP contribution in [-0.2, 0) is 11.2 Å². The fourth-order valence-electron chi connectivity index (χ4n) is 1.56. The molecule has 5 heteroatoms. The van der Waals surface area contributed by atoms with E-state index < -0.39 is 0 Å². The van der Waals surface area contributed by atoms with Crippen molar-refractivity contribution < 1.29 is 9.18 Å². The molecule has 1 aromatic heterocycles. The molecule has 0 unspecified atom stereocenters. The number of carbonyl (C=O) groups excluding carboxylic acids is 1. The lowest BCUT2D eigenvalue weighted by Gasteiger charge is -2.04. The number of carbonyl (C=O) groups is 1. The number of pyridine rings is 1. The molecule has 0 spiro atoms. The van der Waals surface area contributed by atoms with Gasteiger partial charge in [-0.15, -0.1) is 11.8 Å². The third kappa shape index (κ3) is 4.06. The fraction of sp³-hybridized carbons (Fsp3) is 0.143. The maximum atomic E-state index is 12.7. The Morgan fingerprint density at radius 1 is 1.26 bits per heavy atom. The van der Waals surface area contributed by atoms with Crippen molar-refractivity contribution in [1.29, 1.82) is 0 Å². The van der Waals surface area contributed by atoms with Gasteiger partial charge in [-0.1, -0.05) is 6.07 Å². The maximum Gasteiger partial charge on any atom is 0.147 e. The molecular weight excluding hydrogens is 263 g/mol. The van der Waals surface area contributed by atoms with Crippen molar-refractivity contribution in [2.45, 2.75) is 11.3 Å². The zero-order valence-electron chi connectivity index (χ0n) is 10.2. The summed E-state index contributed by atoms with van der Waals surface area (Å²) in [4.78, 5) is 16.6. The van der Waals surface area contributed by atoms with Gasteiger partial charge < -0.3 is 5.73 Å². The molecule has 0 bridgehead atoms. The summed E-state index contributed by atoms with van der Waals surface area (Å²) in [7, 11) is 0. The minimum absolute atomic E-state index is 0.0639. The predicted molar refractivity (Wildman–Crippen MR) is 74.5 cm³/mol. The van der Waals surface area contributed by atoms with E-state index >= 15 is 0 Å². The summed E-state index contributed by atoms with van der Waals surface area (Å²) in [6.07, 6.45) is 1.87. The number of hydrogen-bond acceptors (Lipinski definition) is 4. The number of benzene rings is 1. The lowest BCUT2D eigenvalue weighted by atomic mass is 10.1. The summed E-state index contributed by atoms with van der Waals surface area (Å²) in [5.41, 5.74) is 6.42. The third-order valence-corrected chi connectivity index (χ3v) is 3.60. The van der Waals surface area contributed by atoms with Gasteiger partial charge in [0, 0.05) is 23.1 Å². The maximum absolute atomic E-state index is 12.7. The fourth-order valence-corrected chi connectivity index (χ4v) is 2.32. The summed E-state index contributed by atoms with van der Waals surface area (Å²) in [5.74, 6) is 0.510. The Labute approximate surface area is 115 Å². The van der Waals surface area contributed by atoms with E-state index in [0.717, 1.165) is 10.5 Å². The molecule has 98 valence electrons. The first-order chi connectivity index (χ1) is 9.15. The average molecular weight is 276 g/mol. The van der Waals surface area contributed by atoms with Crippen molar-refractivity contribution in [3.8, 4) is 0 Å². The van der Waals surface area contributed by atoms with E-state index in [9.17, 15) is 9.18 Å². The quantitative estimate of drug-likeness (QED) is 0.853. The zero-order valence-corrected chi connectivity index (χ0v) is 11.0. The second kappa shape index (κ2) is 6.33. The van der Waals surface area contributed by atoms with Gasteiger partial charge in [0.25, 0.3) is 0 Å². The Hall–Kier alpha value is -1.88. The van der Waals surface area contributed by atoms with E-state index in [1.165, 1.54) is 23.9 Å². The normalized spacial score (nSPS) is 10.4. The van der Waals surface area contributed by atoms with E-state index in [1.807, 2.05) is 0 Å². The van der Waals surface area contributed by atoms with Gasteiger partial charge in [0.1, 0.15) is 17.4 Å². The number of nitrogen functional groups attached to an aromatic ring is 1. The van der Waals surface area contributed by atoms with Crippen LogP contribution in [-0.4, -0.2) is 16.5 Å². The van der Waals surface area contributed by atoms with Crippen LogP contribution in [0.2, 0.25) is 0 Å². The molecule has 0 atom stereocenters. The number of aromatic nitrogens is 1. The molecule has 2 aromatic rings. The Bertz CT molecular complexity index is 572. The molecule has 0 fully saturated rings. The van der Waals surface area contributed by atoms with Gasteiger partial charge in [0.2, 0.25) is 0 Å². The van der Waals surface area contributed by atoms with E-state index in [4.69, 9.17) is 5.73 Å². The summed E-state index contributed by atoms with van der Waals surface area (Å²) >= 11 is 1.38. The van der Waals surface area contributed by atoms with Crippen LogP contribution in [0, 0.1) is 5.82 Å². The number of anilines is 1. The molecule has 0 aliphatic heterocycles. The summed E-state index contributed by atoms with van der Waals surface area (Å²) in [6, 6.07) is 9.63. The van der Waals surface area contributed by atoms with Crippen molar-refractivity contribution in [2.75, 3.05) is 11.5 Å². The van der Waals surface area contributed by atoms with Crippen molar-refractivity contribution >= 4 is 23.4 Å². The topological polar surface area (TPSA) is 56.0 Å². The predicted octanol–water partition coefficient (Wildman–Crippen LogP) is 2.71. The van der Waals surface area contributed by atoms with Crippen LogP contribution >= 0.6 is 11.8 Å². The SMILES string of the molecule is Nc1ncccc1CC(=O)CSc1ccc(F)cc1. The number of halogens is 1. The van der Waals surface area contributed by atoms with Crippen molar-refractivity contribution in [3.05, 3.63) is 54.0 Å². The molecule has 0 saturated carbocycles. The summed E-state index contributed by atoms with van der Waals surface area (Å²) in [5, 5.41) is 0. The number of nitrogens with zero attached hydrogens (tertiary/aromatic N) is 1. The summed E-state index contributed by atoms with van der Waals surface area (Å²) in [6.45, 7) is 0. The van der Waals surface area contributed by atoms with Gasteiger partial charge in [-0.3, -0.25) is 4.79 Å². The van der Waals surface area contributed by atoms with Crippen molar-refractivity contribution in [2.24, 2.45) is 0 Å². The van der Waals surface area contributed by atoms with Gasteiger partial charge in [0.15, 0.2) is 0 Å². The first-order valence-electron chi connectivity index (χ1n) is 5.74. The molecule has 0 radical (unpaired) electrons. The zero-order chi connectivity index (χ0) is 13.7. The molecule has 1 heterocycles. The molecule has 1 aromatic carbocycles. The molecule has 0 saturated heterocycles. The number of rotatable bonds is 5. The highest BCUT2D eigenvalue weighted by Gasteiger charge is 2.07. The lowest BCUT2D eigenvalue weighted by molar-refractivity contribution is -0.116. The van der Waals surface area contributed by atoms with E-state index in [1.54, 1.807) is 30.5 Å². The molecule has 2 rings (SSSR count). The number of thioether (sulfide) groups is 1. The minimum atomic E-state index is -0.279. The molecule has 0 aliphatic rings. The van der Waals surface area contributed by atoms with Crippen LogP contribution in [0.15, 0.2) is 47.5 Å². The van der Waals surface area contributed by atoms with Gasteiger partial charge in [-0.05, 0) is 30.3 Å². The van der Waals surface area contributed by atoms with Gasteiger partial charge in [-0.25, -0.2) is 9.37 Å². The molecule has 3 nitrogen and oxygen atoms in total. The highest BCUT2D eigenvalue weighted by molar-refractivity contribution is 8.00. The number of ketones is 1. The van der Waals surface area contributed by atoms with Crippen molar-refractivity contribution in [1.82, 2.24) is 4.98 Å². The van der Waals surface area contributed by atoms with Gasteiger partial charge in [0.05, 0.1) is 5.75 Å². The van der Waals surface area contributed by atoms with Crippen LogP contribution in [0.25, 0.3) is 0 Å². The number of nitrogens with two attached hydrogens (primary N) is 1. The van der Waals surface area contributed by atoms with Crippen LogP contribution in [0.1, 0.15) is 5.56 Å². The van der Waals surface area contributed by atoms with Crippen LogP contribution in [0.3, 0.4) is 0 Å². The van der Waals surface area contributed by atoms with Gasteiger partial charge >= 0.3 is 0 Å². The monoisotopic (exact) mass is 276 g/mol. The second-order valence-electron chi connectivity index (χ2n) is 4.01. The average Bonchev–Trinajstić information content (AvgIpc) is 2.41. The van der Waals surface area contributed by atoms with Crippen LogP contribution < -0.4 is 5.73 Å². The Morgan fingerprint density at radius 3 is 2.68 bits per heavy atom. The first-order valence-corrected chi connectivity index (χ1v) is 6.73. The second-order valence-corrected chi connectivity index (χ2v) is 5.05. The molecule has 19 heavy (non-hydrogen) atoms. The minimum Gasteiger partial charge on any atom is -0.383 e.